The molecule has 0 aromatic heterocycles. The van der Waals surface area contributed by atoms with Crippen LogP contribution in [0.25, 0.3) is 0 Å². The van der Waals surface area contributed by atoms with E-state index in [-0.39, 0.29) is 6.04 Å². The summed E-state index contributed by atoms with van der Waals surface area (Å²) in [6.45, 7) is 10.6. The lowest BCUT2D eigenvalue weighted by atomic mass is 9.97. The monoisotopic (exact) mass is 217 g/mol. The minimum Gasteiger partial charge on any atom is -0.444 e. The Morgan fingerprint density at radius 2 is 1.80 bits per heavy atom. The third kappa shape index (κ3) is 6.33. The fourth-order valence-electron chi connectivity index (χ4n) is 1.23. The van der Waals surface area contributed by atoms with Crippen LogP contribution in [0.4, 0.5) is 4.79 Å². The topological polar surface area (TPSA) is 58.6 Å². The second kappa shape index (κ2) is 4.84. The summed E-state index contributed by atoms with van der Waals surface area (Å²) in [6.07, 6.45) is 0.166. The Labute approximate surface area is 92.0 Å². The molecular formula is C11H23NO3. The molecule has 0 spiro atoms. The summed E-state index contributed by atoms with van der Waals surface area (Å²) in [5.74, 6) is 0. The molecule has 0 aromatic carbocycles. The molecule has 0 bridgehead atoms. The summed E-state index contributed by atoms with van der Waals surface area (Å²) in [7, 11) is 0. The van der Waals surface area contributed by atoms with Crippen molar-refractivity contribution in [2.24, 2.45) is 0 Å². The van der Waals surface area contributed by atoms with E-state index in [2.05, 4.69) is 5.32 Å². The van der Waals surface area contributed by atoms with E-state index in [1.54, 1.807) is 34.6 Å². The van der Waals surface area contributed by atoms with Crippen LogP contribution in [0.2, 0.25) is 0 Å². The molecular weight excluding hydrogens is 194 g/mol. The summed E-state index contributed by atoms with van der Waals surface area (Å²) >= 11 is 0. The molecule has 0 rings (SSSR count). The Morgan fingerprint density at radius 3 is 2.07 bits per heavy atom. The summed E-state index contributed by atoms with van der Waals surface area (Å²) in [4.78, 5) is 11.4. The maximum absolute atomic E-state index is 11.4. The third-order valence-corrected chi connectivity index (χ3v) is 1.95. The molecule has 0 aliphatic heterocycles. The highest BCUT2D eigenvalue weighted by Crippen LogP contribution is 2.13. The Kier molecular flexibility index (Phi) is 4.59. The second-order valence-electron chi connectivity index (χ2n) is 5.26. The maximum atomic E-state index is 11.4. The van der Waals surface area contributed by atoms with Crippen LogP contribution in [0.5, 0.6) is 0 Å². The molecule has 0 saturated carbocycles. The van der Waals surface area contributed by atoms with Gasteiger partial charge in [0, 0.05) is 0 Å². The first-order valence-electron chi connectivity index (χ1n) is 5.28. The van der Waals surface area contributed by atoms with Gasteiger partial charge in [0.25, 0.3) is 0 Å². The van der Waals surface area contributed by atoms with Gasteiger partial charge in [-0.05, 0) is 41.0 Å². The van der Waals surface area contributed by atoms with Gasteiger partial charge in [-0.15, -0.1) is 0 Å². The Morgan fingerprint density at radius 1 is 1.33 bits per heavy atom. The number of ether oxygens (including phenoxy) is 1. The predicted octanol–water partition coefficient (Wildman–Crippen LogP) is 2.06. The standard InChI is InChI=1S/C11H23NO3/c1-7-8(11(5,6)14)12-9(13)15-10(2,3)4/h8,14H,7H2,1-6H3,(H,12,13)/t8-/m0/s1. The minimum atomic E-state index is -0.939. The Balaban J connectivity index is 4.27. The van der Waals surface area contributed by atoms with E-state index in [1.165, 1.54) is 0 Å². The lowest BCUT2D eigenvalue weighted by molar-refractivity contribution is 0.0161. The highest BCUT2D eigenvalue weighted by Gasteiger charge is 2.28. The summed E-state index contributed by atoms with van der Waals surface area (Å²) in [6, 6.07) is -0.299. The van der Waals surface area contributed by atoms with Gasteiger partial charge in [0.1, 0.15) is 5.60 Å². The van der Waals surface area contributed by atoms with Crippen molar-refractivity contribution < 1.29 is 14.6 Å². The van der Waals surface area contributed by atoms with E-state index >= 15 is 0 Å². The maximum Gasteiger partial charge on any atom is 0.407 e. The average molecular weight is 217 g/mol. The van der Waals surface area contributed by atoms with Gasteiger partial charge in [0.2, 0.25) is 0 Å². The predicted molar refractivity (Wildman–Crippen MR) is 59.7 cm³/mol. The first-order chi connectivity index (χ1) is 6.56. The number of rotatable bonds is 3. The highest BCUT2D eigenvalue weighted by atomic mass is 16.6. The minimum absolute atomic E-state index is 0.299. The van der Waals surface area contributed by atoms with Gasteiger partial charge in [0.05, 0.1) is 11.6 Å². The molecule has 0 aliphatic rings. The smallest absolute Gasteiger partial charge is 0.407 e. The van der Waals surface area contributed by atoms with Crippen LogP contribution in [-0.4, -0.2) is 28.4 Å². The molecule has 0 saturated heterocycles. The largest absolute Gasteiger partial charge is 0.444 e. The van der Waals surface area contributed by atoms with Crippen LogP contribution in [0.15, 0.2) is 0 Å². The number of alkyl carbamates (subject to hydrolysis) is 1. The first kappa shape index (κ1) is 14.2. The van der Waals surface area contributed by atoms with E-state index in [9.17, 15) is 9.90 Å². The zero-order valence-corrected chi connectivity index (χ0v) is 10.5. The quantitative estimate of drug-likeness (QED) is 0.760. The van der Waals surface area contributed by atoms with E-state index in [4.69, 9.17) is 4.74 Å². The molecule has 4 heteroatoms. The van der Waals surface area contributed by atoms with Crippen molar-refractivity contribution in [2.75, 3.05) is 0 Å². The van der Waals surface area contributed by atoms with E-state index in [1.807, 2.05) is 6.92 Å². The van der Waals surface area contributed by atoms with Gasteiger partial charge in [-0.3, -0.25) is 0 Å². The molecule has 0 unspecified atom stereocenters. The molecule has 1 atom stereocenters. The summed E-state index contributed by atoms with van der Waals surface area (Å²) in [5.41, 5.74) is -1.45. The van der Waals surface area contributed by atoms with Gasteiger partial charge in [0.15, 0.2) is 0 Å². The van der Waals surface area contributed by atoms with Crippen LogP contribution in [0.1, 0.15) is 48.0 Å². The lowest BCUT2D eigenvalue weighted by Gasteiger charge is -2.30. The SMILES string of the molecule is CC[C@H](NC(=O)OC(C)(C)C)C(C)(C)O. The molecule has 0 heterocycles. The number of nitrogens with one attached hydrogen (secondary N) is 1. The van der Waals surface area contributed by atoms with Crippen LogP contribution >= 0.6 is 0 Å². The number of aliphatic hydroxyl groups is 1. The summed E-state index contributed by atoms with van der Waals surface area (Å²) < 4.78 is 5.10. The van der Waals surface area contributed by atoms with Crippen molar-refractivity contribution in [1.82, 2.24) is 5.32 Å². The van der Waals surface area contributed by atoms with Crippen molar-refractivity contribution in [3.8, 4) is 0 Å². The van der Waals surface area contributed by atoms with Crippen molar-refractivity contribution in [2.45, 2.75) is 65.2 Å². The number of carbonyl (C=O) groups is 1. The van der Waals surface area contributed by atoms with Gasteiger partial charge >= 0.3 is 6.09 Å². The third-order valence-electron chi connectivity index (χ3n) is 1.95. The van der Waals surface area contributed by atoms with Gasteiger partial charge in [-0.2, -0.15) is 0 Å². The molecule has 2 N–H and O–H groups in total. The number of hydrogen-bond acceptors (Lipinski definition) is 3. The molecule has 0 radical (unpaired) electrons. The van der Waals surface area contributed by atoms with E-state index in [0.717, 1.165) is 0 Å². The van der Waals surface area contributed by atoms with Crippen LogP contribution in [0, 0.1) is 0 Å². The first-order valence-corrected chi connectivity index (χ1v) is 5.28. The van der Waals surface area contributed by atoms with Crippen LogP contribution in [-0.2, 0) is 4.74 Å². The van der Waals surface area contributed by atoms with Crippen LogP contribution < -0.4 is 5.32 Å². The van der Waals surface area contributed by atoms with Gasteiger partial charge in [-0.1, -0.05) is 6.92 Å². The highest BCUT2D eigenvalue weighted by molar-refractivity contribution is 5.68. The molecule has 90 valence electrons. The Hall–Kier alpha value is -0.770. The molecule has 0 aromatic rings. The van der Waals surface area contributed by atoms with Crippen LogP contribution in [0.3, 0.4) is 0 Å². The molecule has 0 fully saturated rings. The number of hydrogen-bond donors (Lipinski definition) is 2. The normalized spacial score (nSPS) is 14.6. The zero-order chi connectivity index (χ0) is 12.3. The van der Waals surface area contributed by atoms with Gasteiger partial charge in [-0.25, -0.2) is 4.79 Å². The second-order valence-corrected chi connectivity index (χ2v) is 5.26. The molecule has 0 aliphatic carbocycles. The average Bonchev–Trinajstić information content (AvgIpc) is 1.94. The number of amides is 1. The fraction of sp³-hybridized carbons (Fsp3) is 0.909. The molecule has 15 heavy (non-hydrogen) atoms. The van der Waals surface area contributed by atoms with Crippen molar-refractivity contribution in [3.05, 3.63) is 0 Å². The lowest BCUT2D eigenvalue weighted by Crippen LogP contribution is -2.50. The fourth-order valence-corrected chi connectivity index (χ4v) is 1.23. The van der Waals surface area contributed by atoms with Crippen molar-refractivity contribution in [3.63, 3.8) is 0 Å². The van der Waals surface area contributed by atoms with Crippen molar-refractivity contribution >= 4 is 6.09 Å². The Bertz CT molecular complexity index is 213. The van der Waals surface area contributed by atoms with Gasteiger partial charge < -0.3 is 15.2 Å². The number of carbonyl (C=O) groups excluding carboxylic acids is 1. The zero-order valence-electron chi connectivity index (χ0n) is 10.5. The molecule has 4 nitrogen and oxygen atoms in total. The van der Waals surface area contributed by atoms with E-state index < -0.39 is 17.3 Å². The molecule has 1 amide bonds. The van der Waals surface area contributed by atoms with Crippen molar-refractivity contribution in [1.29, 1.82) is 0 Å². The van der Waals surface area contributed by atoms with E-state index in [0.29, 0.717) is 6.42 Å². The summed E-state index contributed by atoms with van der Waals surface area (Å²) in [5, 5.41) is 12.4.